The van der Waals surface area contributed by atoms with E-state index in [4.69, 9.17) is 5.21 Å². The summed E-state index contributed by atoms with van der Waals surface area (Å²) in [5.74, 6) is 1.41. The van der Waals surface area contributed by atoms with Crippen LogP contribution in [0.2, 0.25) is 0 Å². The van der Waals surface area contributed by atoms with Crippen LogP contribution in [0.3, 0.4) is 0 Å². The largest absolute Gasteiger partial charge is 0.404 e. The molecule has 0 aliphatic carbocycles. The lowest BCUT2D eigenvalue weighted by Crippen LogP contribution is -2.33. The topological polar surface area (TPSA) is 54.0 Å². The molecule has 0 spiro atoms. The minimum atomic E-state index is 0.444. The molecule has 0 unspecified atom stereocenters. The van der Waals surface area contributed by atoms with E-state index < -0.39 is 0 Å². The summed E-state index contributed by atoms with van der Waals surface area (Å²) in [7, 11) is 3.64. The van der Waals surface area contributed by atoms with Crippen LogP contribution in [-0.4, -0.2) is 15.0 Å². The first kappa shape index (κ1) is 7.01. The van der Waals surface area contributed by atoms with Gasteiger partial charge >= 0.3 is 5.95 Å². The van der Waals surface area contributed by atoms with E-state index in [1.165, 1.54) is 0 Å². The van der Waals surface area contributed by atoms with Crippen LogP contribution < -0.4 is 10.0 Å². The molecule has 0 atom stereocenters. The van der Waals surface area contributed by atoms with E-state index in [-0.39, 0.29) is 0 Å². The minimum Gasteiger partial charge on any atom is -0.248 e. The van der Waals surface area contributed by atoms with Crippen LogP contribution >= 0.6 is 0 Å². The number of aryl methyl sites for hydroxylation is 1. The van der Waals surface area contributed by atoms with Gasteiger partial charge in [0.25, 0.3) is 0 Å². The molecule has 2 N–H and O–H groups in total. The average Bonchev–Trinajstić information content (AvgIpc) is 2.17. The summed E-state index contributed by atoms with van der Waals surface area (Å²) in [5.41, 5.74) is 1.99. The van der Waals surface area contributed by atoms with E-state index in [0.29, 0.717) is 5.95 Å². The maximum Gasteiger partial charge on any atom is 0.404 e. The highest BCUT2D eigenvalue weighted by molar-refractivity contribution is 5.08. The van der Waals surface area contributed by atoms with Gasteiger partial charge in [-0.15, -0.1) is 4.68 Å². The predicted molar refractivity (Wildman–Crippen MR) is 34.5 cm³/mol. The number of hydrogen-bond acceptors (Lipinski definition) is 3. The molecule has 1 aromatic rings. The molecule has 1 heterocycles. The fourth-order valence-corrected chi connectivity index (χ4v) is 0.749. The van der Waals surface area contributed by atoms with Gasteiger partial charge in [-0.1, -0.05) is 0 Å². The van der Waals surface area contributed by atoms with Crippen LogP contribution in [0.5, 0.6) is 0 Å². The zero-order chi connectivity index (χ0) is 7.72. The minimum absolute atomic E-state index is 0.444. The molecule has 0 amide bonds. The van der Waals surface area contributed by atoms with Gasteiger partial charge in [-0.05, 0) is 0 Å². The first-order chi connectivity index (χ1) is 4.66. The number of nitrogens with one attached hydrogen (secondary N) is 1. The van der Waals surface area contributed by atoms with Crippen molar-refractivity contribution in [3.8, 4) is 0 Å². The molecule has 10 heavy (non-hydrogen) atoms. The van der Waals surface area contributed by atoms with Gasteiger partial charge in [-0.25, -0.2) is 9.77 Å². The van der Waals surface area contributed by atoms with Crippen LogP contribution in [0.15, 0.2) is 0 Å². The lowest BCUT2D eigenvalue weighted by Gasteiger charge is -1.88. The Labute approximate surface area is 58.9 Å². The Bertz CT molecular complexity index is 242. The Hall–Kier alpha value is -1.10. The van der Waals surface area contributed by atoms with Gasteiger partial charge in [0, 0.05) is 12.0 Å². The van der Waals surface area contributed by atoms with Crippen molar-refractivity contribution in [3.05, 3.63) is 5.82 Å². The molecule has 5 nitrogen and oxygen atoms in total. The summed E-state index contributed by atoms with van der Waals surface area (Å²) >= 11 is 0. The Morgan fingerprint density at radius 3 is 2.50 bits per heavy atom. The third-order valence-corrected chi connectivity index (χ3v) is 1.62. The zero-order valence-electron chi connectivity index (χ0n) is 6.29. The lowest BCUT2D eigenvalue weighted by molar-refractivity contribution is -0.665. The molecule has 0 bridgehead atoms. The molecule has 0 aliphatic heterocycles. The summed E-state index contributed by atoms with van der Waals surface area (Å²) in [5, 5.41) is 12.5. The Morgan fingerprint density at radius 1 is 1.70 bits per heavy atom. The van der Waals surface area contributed by atoms with Gasteiger partial charge in [0.15, 0.2) is 0 Å². The molecule has 0 radical (unpaired) electrons. The molecule has 0 fully saturated rings. The van der Waals surface area contributed by atoms with E-state index in [1.807, 2.05) is 26.5 Å². The standard InChI is InChI=1S/C5H11N4O/c1-4-8(2)5(7-10)6-9(4)3/h10H,1-3H3,(H,6,7)/q+1. The summed E-state index contributed by atoms with van der Waals surface area (Å²) in [6, 6.07) is 0. The normalized spacial score (nSPS) is 10.0. The molecule has 0 aromatic carbocycles. The zero-order valence-corrected chi connectivity index (χ0v) is 6.29. The van der Waals surface area contributed by atoms with Crippen LogP contribution in [0.1, 0.15) is 5.82 Å². The first-order valence-electron chi connectivity index (χ1n) is 2.96. The lowest BCUT2D eigenvalue weighted by atomic mass is 10.7. The number of aromatic nitrogens is 3. The fraction of sp³-hybridized carbons (Fsp3) is 0.600. The highest BCUT2D eigenvalue weighted by Crippen LogP contribution is 1.93. The Morgan fingerprint density at radius 2 is 2.30 bits per heavy atom. The first-order valence-corrected chi connectivity index (χ1v) is 2.96. The van der Waals surface area contributed by atoms with Crippen LogP contribution in [-0.2, 0) is 14.1 Å². The van der Waals surface area contributed by atoms with Crippen LogP contribution in [0, 0.1) is 6.92 Å². The van der Waals surface area contributed by atoms with Gasteiger partial charge in [0.2, 0.25) is 5.82 Å². The molecule has 5 heteroatoms. The molecule has 0 saturated carbocycles. The summed E-state index contributed by atoms with van der Waals surface area (Å²) in [6.45, 7) is 1.91. The van der Waals surface area contributed by atoms with Gasteiger partial charge in [-0.2, -0.15) is 5.48 Å². The van der Waals surface area contributed by atoms with Gasteiger partial charge < -0.3 is 0 Å². The van der Waals surface area contributed by atoms with Gasteiger partial charge in [0.1, 0.15) is 0 Å². The third-order valence-electron chi connectivity index (χ3n) is 1.62. The average molecular weight is 143 g/mol. The quantitative estimate of drug-likeness (QED) is 0.406. The van der Waals surface area contributed by atoms with E-state index in [2.05, 4.69) is 5.10 Å². The predicted octanol–water partition coefficient (Wildman–Crippen LogP) is -0.646. The van der Waals surface area contributed by atoms with Crippen molar-refractivity contribution in [2.45, 2.75) is 6.92 Å². The molecule has 1 aromatic heterocycles. The third kappa shape index (κ3) is 0.841. The Kier molecular flexibility index (Phi) is 1.58. The van der Waals surface area contributed by atoms with Crippen molar-refractivity contribution in [1.29, 1.82) is 0 Å². The van der Waals surface area contributed by atoms with Crippen molar-refractivity contribution in [2.75, 3.05) is 5.48 Å². The molecular weight excluding hydrogens is 132 g/mol. The molecule has 56 valence electrons. The van der Waals surface area contributed by atoms with Crippen molar-refractivity contribution >= 4 is 5.95 Å². The van der Waals surface area contributed by atoms with Crippen molar-refractivity contribution in [2.24, 2.45) is 14.1 Å². The van der Waals surface area contributed by atoms with E-state index in [1.54, 1.807) is 9.25 Å². The molecule has 1 rings (SSSR count). The van der Waals surface area contributed by atoms with E-state index in [9.17, 15) is 0 Å². The van der Waals surface area contributed by atoms with E-state index in [0.717, 1.165) is 5.82 Å². The highest BCUT2D eigenvalue weighted by Gasteiger charge is 2.13. The molecular formula is C5H11N4O+. The van der Waals surface area contributed by atoms with E-state index >= 15 is 0 Å². The Balaban J connectivity index is 3.17. The second kappa shape index (κ2) is 2.26. The summed E-state index contributed by atoms with van der Waals surface area (Å²) < 4.78 is 3.43. The number of hydrogen-bond donors (Lipinski definition) is 2. The fourth-order valence-electron chi connectivity index (χ4n) is 0.749. The molecule has 0 saturated heterocycles. The number of anilines is 1. The monoisotopic (exact) mass is 143 g/mol. The van der Waals surface area contributed by atoms with Crippen LogP contribution in [0.25, 0.3) is 0 Å². The summed E-state index contributed by atoms with van der Waals surface area (Å²) in [6.07, 6.45) is 0. The molecule has 0 aliphatic rings. The number of rotatable bonds is 1. The second-order valence-corrected chi connectivity index (χ2v) is 2.17. The summed E-state index contributed by atoms with van der Waals surface area (Å²) in [4.78, 5) is 0. The smallest absolute Gasteiger partial charge is 0.248 e. The van der Waals surface area contributed by atoms with Crippen molar-refractivity contribution in [3.63, 3.8) is 0 Å². The van der Waals surface area contributed by atoms with Gasteiger partial charge in [-0.3, -0.25) is 0 Å². The van der Waals surface area contributed by atoms with Crippen molar-refractivity contribution < 1.29 is 9.77 Å². The second-order valence-electron chi connectivity index (χ2n) is 2.17. The highest BCUT2D eigenvalue weighted by atomic mass is 16.5. The maximum absolute atomic E-state index is 8.51. The van der Waals surface area contributed by atoms with Crippen LogP contribution in [0.4, 0.5) is 5.95 Å². The van der Waals surface area contributed by atoms with Crippen molar-refractivity contribution in [1.82, 2.24) is 9.78 Å². The van der Waals surface area contributed by atoms with Gasteiger partial charge in [0.05, 0.1) is 14.1 Å². The number of nitrogens with zero attached hydrogens (tertiary/aromatic N) is 3. The maximum atomic E-state index is 8.51. The SMILES string of the molecule is Cc1n(C)nc(NO)[n+]1C.